The molecule has 2 atom stereocenters. The summed E-state index contributed by atoms with van der Waals surface area (Å²) in [6, 6.07) is 21.3. The van der Waals surface area contributed by atoms with Gasteiger partial charge < -0.3 is 29.7 Å². The summed E-state index contributed by atoms with van der Waals surface area (Å²) in [6.07, 6.45) is -3.15. The zero-order valence-corrected chi connectivity index (χ0v) is 17.2. The topological polar surface area (TPSA) is 97.3 Å². The second kappa shape index (κ2) is 8.53. The number of fused-ring (bicyclic) bond motifs is 4. The summed E-state index contributed by atoms with van der Waals surface area (Å²) in [5, 5.41) is 23.4. The number of ether oxygens (including phenoxy) is 3. The van der Waals surface area contributed by atoms with E-state index in [1.165, 1.54) is 0 Å². The molecule has 0 spiro atoms. The van der Waals surface area contributed by atoms with Crippen molar-refractivity contribution in [3.63, 3.8) is 0 Å². The molecule has 32 heavy (non-hydrogen) atoms. The van der Waals surface area contributed by atoms with Crippen molar-refractivity contribution in [3.8, 4) is 22.6 Å². The van der Waals surface area contributed by atoms with E-state index in [2.05, 4.69) is 17.4 Å². The van der Waals surface area contributed by atoms with E-state index >= 15 is 0 Å². The van der Waals surface area contributed by atoms with Crippen molar-refractivity contribution in [1.29, 1.82) is 0 Å². The molecule has 1 aliphatic carbocycles. The highest BCUT2D eigenvalue weighted by Crippen LogP contribution is 2.44. The molecule has 0 radical (unpaired) electrons. The fourth-order valence-corrected chi connectivity index (χ4v) is 4.34. The molecule has 0 saturated carbocycles. The highest BCUT2D eigenvalue weighted by atomic mass is 16.7. The van der Waals surface area contributed by atoms with Gasteiger partial charge in [0.2, 0.25) is 6.79 Å². The second-order valence-electron chi connectivity index (χ2n) is 7.80. The molecule has 5 rings (SSSR count). The minimum atomic E-state index is -1.25. The van der Waals surface area contributed by atoms with Crippen LogP contribution in [0.15, 0.2) is 66.7 Å². The van der Waals surface area contributed by atoms with Crippen molar-refractivity contribution < 1.29 is 29.2 Å². The molecular weight excluding hydrogens is 410 g/mol. The number of benzene rings is 3. The van der Waals surface area contributed by atoms with Gasteiger partial charge in [0.25, 0.3) is 0 Å². The van der Waals surface area contributed by atoms with E-state index in [9.17, 15) is 15.0 Å². The Morgan fingerprint density at radius 1 is 0.969 bits per heavy atom. The minimum absolute atomic E-state index is 0.0484. The predicted octanol–water partition coefficient (Wildman–Crippen LogP) is 3.35. The van der Waals surface area contributed by atoms with Crippen molar-refractivity contribution in [2.75, 3.05) is 19.9 Å². The Bertz CT molecular complexity index is 1100. The Balaban J connectivity index is 1.19. The second-order valence-corrected chi connectivity index (χ2v) is 7.80. The number of nitrogens with one attached hydrogen (secondary N) is 1. The molecule has 7 heteroatoms. The number of alkyl carbamates (subject to hydrolysis) is 1. The molecule has 3 aromatic rings. The van der Waals surface area contributed by atoms with Gasteiger partial charge in [-0.2, -0.15) is 0 Å². The molecule has 164 valence electrons. The number of aliphatic hydroxyl groups is 2. The normalized spacial score (nSPS) is 15.6. The first kappa shape index (κ1) is 20.4. The maximum absolute atomic E-state index is 12.3. The van der Waals surface area contributed by atoms with Crippen LogP contribution in [0.4, 0.5) is 4.79 Å². The third kappa shape index (κ3) is 3.66. The van der Waals surface area contributed by atoms with Crippen LogP contribution in [-0.4, -0.2) is 42.4 Å². The van der Waals surface area contributed by atoms with Gasteiger partial charge in [0.05, 0.1) is 0 Å². The van der Waals surface area contributed by atoms with Crippen LogP contribution < -0.4 is 14.8 Å². The number of rotatable bonds is 6. The SMILES string of the molecule is O=C(NCC(O)C(O)c1cccc2c1OCO2)OCC1c2ccccc2-c2ccccc21. The molecule has 7 nitrogen and oxygen atoms in total. The Kier molecular flexibility index (Phi) is 5.43. The van der Waals surface area contributed by atoms with Gasteiger partial charge in [0, 0.05) is 18.0 Å². The smallest absolute Gasteiger partial charge is 0.407 e. The summed E-state index contributed by atoms with van der Waals surface area (Å²) < 4.78 is 16.1. The molecule has 0 saturated heterocycles. The summed E-state index contributed by atoms with van der Waals surface area (Å²) in [4.78, 5) is 12.3. The maximum Gasteiger partial charge on any atom is 0.407 e. The molecule has 3 N–H and O–H groups in total. The Labute approximate surface area is 185 Å². The molecule has 0 bridgehead atoms. The van der Waals surface area contributed by atoms with Gasteiger partial charge in [0.15, 0.2) is 11.5 Å². The van der Waals surface area contributed by atoms with Crippen LogP contribution in [0.2, 0.25) is 0 Å². The first-order valence-electron chi connectivity index (χ1n) is 10.5. The maximum atomic E-state index is 12.3. The van der Waals surface area contributed by atoms with Gasteiger partial charge in [-0.15, -0.1) is 0 Å². The van der Waals surface area contributed by atoms with Gasteiger partial charge in [-0.25, -0.2) is 4.79 Å². The average Bonchev–Trinajstić information content (AvgIpc) is 3.43. The number of carbonyl (C=O) groups excluding carboxylic acids is 1. The molecule has 1 aliphatic heterocycles. The largest absolute Gasteiger partial charge is 0.454 e. The standard InChI is InChI=1S/C25H23NO6/c27-21(23(28)19-10-5-11-22-24(19)32-14-31-22)12-26-25(29)30-13-20-17-8-3-1-6-15(17)16-7-2-4-9-18(16)20/h1-11,20-21,23,27-28H,12-14H2,(H,26,29). The monoisotopic (exact) mass is 433 g/mol. The van der Waals surface area contributed by atoms with Crippen LogP contribution >= 0.6 is 0 Å². The van der Waals surface area contributed by atoms with Crippen molar-refractivity contribution in [2.45, 2.75) is 18.1 Å². The Hall–Kier alpha value is -3.55. The van der Waals surface area contributed by atoms with Crippen LogP contribution in [-0.2, 0) is 4.74 Å². The average molecular weight is 433 g/mol. The number of hydrogen-bond donors (Lipinski definition) is 3. The molecule has 2 aliphatic rings. The molecular formula is C25H23NO6. The third-order valence-corrected chi connectivity index (χ3v) is 5.91. The number of carbonyl (C=O) groups is 1. The number of para-hydroxylation sites is 1. The van der Waals surface area contributed by atoms with E-state index < -0.39 is 18.3 Å². The van der Waals surface area contributed by atoms with Crippen LogP contribution in [0.3, 0.4) is 0 Å². The zero-order chi connectivity index (χ0) is 22.1. The van der Waals surface area contributed by atoms with E-state index in [1.54, 1.807) is 18.2 Å². The highest BCUT2D eigenvalue weighted by molar-refractivity contribution is 5.79. The van der Waals surface area contributed by atoms with E-state index in [4.69, 9.17) is 14.2 Å². The van der Waals surface area contributed by atoms with Crippen LogP contribution in [0.5, 0.6) is 11.5 Å². The molecule has 1 amide bonds. The highest BCUT2D eigenvalue weighted by Gasteiger charge is 2.30. The van der Waals surface area contributed by atoms with Crippen molar-refractivity contribution in [2.24, 2.45) is 0 Å². The molecule has 0 aromatic heterocycles. The molecule has 2 unspecified atom stereocenters. The third-order valence-electron chi connectivity index (χ3n) is 5.91. The van der Waals surface area contributed by atoms with Crippen LogP contribution in [0, 0.1) is 0 Å². The van der Waals surface area contributed by atoms with E-state index in [0.29, 0.717) is 17.1 Å². The number of hydrogen-bond acceptors (Lipinski definition) is 6. The summed E-state index contributed by atoms with van der Waals surface area (Å²) in [7, 11) is 0. The fraction of sp³-hybridized carbons (Fsp3) is 0.240. The first-order chi connectivity index (χ1) is 15.6. The minimum Gasteiger partial charge on any atom is -0.454 e. The Morgan fingerprint density at radius 3 is 2.38 bits per heavy atom. The Morgan fingerprint density at radius 2 is 1.66 bits per heavy atom. The van der Waals surface area contributed by atoms with E-state index in [-0.39, 0.29) is 25.9 Å². The molecule has 3 aromatic carbocycles. The quantitative estimate of drug-likeness (QED) is 0.552. The fourth-order valence-electron chi connectivity index (χ4n) is 4.34. The van der Waals surface area contributed by atoms with E-state index in [0.717, 1.165) is 22.3 Å². The van der Waals surface area contributed by atoms with Crippen LogP contribution in [0.25, 0.3) is 11.1 Å². The van der Waals surface area contributed by atoms with Crippen molar-refractivity contribution >= 4 is 6.09 Å². The summed E-state index contributed by atoms with van der Waals surface area (Å²) in [5.74, 6) is 0.867. The lowest BCUT2D eigenvalue weighted by molar-refractivity contribution is 0.0170. The van der Waals surface area contributed by atoms with Gasteiger partial charge in [-0.05, 0) is 28.3 Å². The van der Waals surface area contributed by atoms with Gasteiger partial charge in [-0.1, -0.05) is 60.7 Å². The number of aliphatic hydroxyl groups excluding tert-OH is 2. The van der Waals surface area contributed by atoms with Crippen LogP contribution in [0.1, 0.15) is 28.7 Å². The van der Waals surface area contributed by atoms with Gasteiger partial charge >= 0.3 is 6.09 Å². The lowest BCUT2D eigenvalue weighted by Crippen LogP contribution is -2.36. The lowest BCUT2D eigenvalue weighted by Gasteiger charge is -2.20. The molecule has 0 fully saturated rings. The van der Waals surface area contributed by atoms with E-state index in [1.807, 2.05) is 36.4 Å². The summed E-state index contributed by atoms with van der Waals surface area (Å²) in [6.45, 7) is 0.0609. The van der Waals surface area contributed by atoms with Gasteiger partial charge in [0.1, 0.15) is 18.8 Å². The first-order valence-corrected chi connectivity index (χ1v) is 10.5. The number of amides is 1. The molecule has 1 heterocycles. The summed E-state index contributed by atoms with van der Waals surface area (Å²) in [5.41, 5.74) is 4.95. The van der Waals surface area contributed by atoms with Crippen molar-refractivity contribution in [3.05, 3.63) is 83.4 Å². The van der Waals surface area contributed by atoms with Crippen molar-refractivity contribution in [1.82, 2.24) is 5.32 Å². The van der Waals surface area contributed by atoms with Gasteiger partial charge in [-0.3, -0.25) is 0 Å². The lowest BCUT2D eigenvalue weighted by atomic mass is 9.98. The predicted molar refractivity (Wildman–Crippen MR) is 117 cm³/mol. The summed E-state index contributed by atoms with van der Waals surface area (Å²) >= 11 is 0. The zero-order valence-electron chi connectivity index (χ0n) is 17.2.